The minimum Gasteiger partial charge on any atom is -0.388 e. The predicted octanol–water partition coefficient (Wildman–Crippen LogP) is 2.43. The average Bonchev–Trinajstić information content (AvgIpc) is 2.46. The second-order valence-electron chi connectivity index (χ2n) is 4.71. The van der Waals surface area contributed by atoms with Gasteiger partial charge >= 0.3 is 0 Å². The number of hydrogen-bond donors (Lipinski definition) is 1. The molecule has 0 aromatic heterocycles. The Morgan fingerprint density at radius 3 is 2.63 bits per heavy atom. The largest absolute Gasteiger partial charge is 0.388 e. The first-order chi connectivity index (χ1) is 9.15. The van der Waals surface area contributed by atoms with Crippen molar-refractivity contribution in [1.82, 2.24) is 4.90 Å². The maximum atomic E-state index is 12.3. The summed E-state index contributed by atoms with van der Waals surface area (Å²) < 4.78 is 0. The molecule has 1 aliphatic rings. The van der Waals surface area contributed by atoms with Crippen molar-refractivity contribution >= 4 is 29.5 Å². The van der Waals surface area contributed by atoms with E-state index in [0.29, 0.717) is 23.7 Å². The molecule has 1 heterocycles. The summed E-state index contributed by atoms with van der Waals surface area (Å²) in [5, 5.41) is 3.43. The van der Waals surface area contributed by atoms with Crippen LogP contribution in [0.25, 0.3) is 0 Å². The zero-order chi connectivity index (χ0) is 13.8. The Kier molecular flexibility index (Phi) is 4.43. The van der Waals surface area contributed by atoms with Gasteiger partial charge in [0.2, 0.25) is 0 Å². The summed E-state index contributed by atoms with van der Waals surface area (Å²) >= 11 is 6.13. The van der Waals surface area contributed by atoms with Crippen LogP contribution in [0.5, 0.6) is 0 Å². The lowest BCUT2D eigenvalue weighted by Gasteiger charge is -2.30. The molecule has 1 saturated heterocycles. The molecule has 1 aliphatic heterocycles. The van der Waals surface area contributed by atoms with E-state index in [-0.39, 0.29) is 11.8 Å². The topological polar surface area (TPSA) is 49.4 Å². The second-order valence-corrected chi connectivity index (χ2v) is 5.12. The third kappa shape index (κ3) is 3.07. The number of aldehydes is 1. The number of nitrogens with zero attached hydrogens (tertiary/aromatic N) is 1. The van der Waals surface area contributed by atoms with Gasteiger partial charge in [-0.1, -0.05) is 11.6 Å². The normalized spacial score (nSPS) is 16.2. The van der Waals surface area contributed by atoms with Gasteiger partial charge in [0.1, 0.15) is 6.29 Å². The van der Waals surface area contributed by atoms with Crippen molar-refractivity contribution in [1.29, 1.82) is 0 Å². The van der Waals surface area contributed by atoms with E-state index < -0.39 is 0 Å². The van der Waals surface area contributed by atoms with E-state index in [4.69, 9.17) is 11.6 Å². The third-order valence-electron chi connectivity index (χ3n) is 3.51. The van der Waals surface area contributed by atoms with E-state index in [1.807, 2.05) is 6.07 Å². The summed E-state index contributed by atoms with van der Waals surface area (Å²) in [5.74, 6) is 0.0307. The van der Waals surface area contributed by atoms with Crippen LogP contribution < -0.4 is 5.32 Å². The molecule has 0 atom stereocenters. The fourth-order valence-corrected chi connectivity index (χ4v) is 2.51. The van der Waals surface area contributed by atoms with Crippen molar-refractivity contribution < 1.29 is 9.59 Å². The van der Waals surface area contributed by atoms with E-state index in [9.17, 15) is 9.59 Å². The monoisotopic (exact) mass is 280 g/mol. The molecule has 19 heavy (non-hydrogen) atoms. The molecule has 1 amide bonds. The van der Waals surface area contributed by atoms with Crippen LogP contribution in [0.3, 0.4) is 0 Å². The second kappa shape index (κ2) is 6.06. The molecule has 1 aromatic rings. The predicted molar refractivity (Wildman–Crippen MR) is 75.7 cm³/mol. The SMILES string of the molecule is CNc1ccc(C(=O)N2CCC(C=O)CC2)c(Cl)c1. The minimum absolute atomic E-state index is 0.0583. The van der Waals surface area contributed by atoms with Gasteiger partial charge < -0.3 is 15.0 Å². The Labute approximate surface area is 117 Å². The van der Waals surface area contributed by atoms with Gasteiger partial charge in [-0.25, -0.2) is 0 Å². The molecule has 0 spiro atoms. The number of likely N-dealkylation sites (tertiary alicyclic amines) is 1. The Hall–Kier alpha value is -1.55. The summed E-state index contributed by atoms with van der Waals surface area (Å²) in [7, 11) is 1.80. The number of carbonyl (C=O) groups is 2. The first-order valence-electron chi connectivity index (χ1n) is 6.37. The van der Waals surface area contributed by atoms with Gasteiger partial charge in [-0.2, -0.15) is 0 Å². The number of carbonyl (C=O) groups excluding carboxylic acids is 2. The summed E-state index contributed by atoms with van der Waals surface area (Å²) in [5.41, 5.74) is 1.39. The van der Waals surface area contributed by atoms with E-state index in [1.54, 1.807) is 24.1 Å². The Morgan fingerprint density at radius 1 is 1.42 bits per heavy atom. The molecule has 0 unspecified atom stereocenters. The number of anilines is 1. The molecule has 102 valence electrons. The molecular weight excluding hydrogens is 264 g/mol. The highest BCUT2D eigenvalue weighted by molar-refractivity contribution is 6.34. The summed E-state index contributed by atoms with van der Waals surface area (Å²) in [6.45, 7) is 1.23. The van der Waals surface area contributed by atoms with Gasteiger partial charge in [0.15, 0.2) is 0 Å². The molecule has 0 aliphatic carbocycles. The van der Waals surface area contributed by atoms with Crippen molar-refractivity contribution in [2.24, 2.45) is 5.92 Å². The molecule has 2 rings (SSSR count). The number of hydrogen-bond acceptors (Lipinski definition) is 3. The lowest BCUT2D eigenvalue weighted by Crippen LogP contribution is -2.38. The Bertz CT molecular complexity index is 482. The van der Waals surface area contributed by atoms with Gasteiger partial charge in [-0.3, -0.25) is 4.79 Å². The van der Waals surface area contributed by atoms with Crippen LogP contribution in [0.1, 0.15) is 23.2 Å². The third-order valence-corrected chi connectivity index (χ3v) is 3.82. The van der Waals surface area contributed by atoms with Crippen LogP contribution in [0, 0.1) is 5.92 Å². The van der Waals surface area contributed by atoms with E-state index >= 15 is 0 Å². The maximum Gasteiger partial charge on any atom is 0.255 e. The van der Waals surface area contributed by atoms with Gasteiger partial charge in [0, 0.05) is 31.7 Å². The highest BCUT2D eigenvalue weighted by Crippen LogP contribution is 2.24. The molecular formula is C14H17ClN2O2. The summed E-state index contributed by atoms with van der Waals surface area (Å²) in [6, 6.07) is 5.31. The van der Waals surface area contributed by atoms with Gasteiger partial charge in [-0.05, 0) is 31.0 Å². The smallest absolute Gasteiger partial charge is 0.255 e. The van der Waals surface area contributed by atoms with Crippen LogP contribution in [-0.4, -0.2) is 37.2 Å². The molecule has 0 radical (unpaired) electrons. The fourth-order valence-electron chi connectivity index (χ4n) is 2.25. The van der Waals surface area contributed by atoms with Crippen molar-refractivity contribution in [3.05, 3.63) is 28.8 Å². The molecule has 1 fully saturated rings. The van der Waals surface area contributed by atoms with Crippen molar-refractivity contribution in [2.45, 2.75) is 12.8 Å². The first kappa shape index (κ1) is 13.9. The number of benzene rings is 1. The lowest BCUT2D eigenvalue weighted by molar-refractivity contribution is -0.112. The highest BCUT2D eigenvalue weighted by atomic mass is 35.5. The Morgan fingerprint density at radius 2 is 2.11 bits per heavy atom. The van der Waals surface area contributed by atoms with Gasteiger partial charge in [0.05, 0.1) is 10.6 Å². The van der Waals surface area contributed by atoms with Crippen molar-refractivity contribution in [2.75, 3.05) is 25.5 Å². The number of rotatable bonds is 3. The number of halogens is 1. The van der Waals surface area contributed by atoms with Crippen LogP contribution >= 0.6 is 11.6 Å². The van der Waals surface area contributed by atoms with E-state index in [0.717, 1.165) is 24.8 Å². The van der Waals surface area contributed by atoms with Crippen molar-refractivity contribution in [3.8, 4) is 0 Å². The van der Waals surface area contributed by atoms with Crippen LogP contribution in [0.15, 0.2) is 18.2 Å². The zero-order valence-electron chi connectivity index (χ0n) is 10.9. The summed E-state index contributed by atoms with van der Waals surface area (Å²) in [6.07, 6.45) is 2.46. The molecule has 1 N–H and O–H groups in total. The molecule has 5 heteroatoms. The molecule has 0 saturated carbocycles. The van der Waals surface area contributed by atoms with Gasteiger partial charge in [0.25, 0.3) is 5.91 Å². The molecule has 0 bridgehead atoms. The summed E-state index contributed by atoms with van der Waals surface area (Å²) in [4.78, 5) is 24.8. The van der Waals surface area contributed by atoms with Crippen LogP contribution in [0.4, 0.5) is 5.69 Å². The van der Waals surface area contributed by atoms with Crippen molar-refractivity contribution in [3.63, 3.8) is 0 Å². The lowest BCUT2D eigenvalue weighted by atomic mass is 9.98. The average molecular weight is 281 g/mol. The van der Waals surface area contributed by atoms with Gasteiger partial charge in [-0.15, -0.1) is 0 Å². The molecule has 1 aromatic carbocycles. The zero-order valence-corrected chi connectivity index (χ0v) is 11.6. The Balaban J connectivity index is 2.10. The number of amides is 1. The van der Waals surface area contributed by atoms with Crippen LogP contribution in [-0.2, 0) is 4.79 Å². The minimum atomic E-state index is -0.0583. The first-order valence-corrected chi connectivity index (χ1v) is 6.75. The molecule has 4 nitrogen and oxygen atoms in total. The van der Waals surface area contributed by atoms with Crippen LogP contribution in [0.2, 0.25) is 5.02 Å². The number of nitrogens with one attached hydrogen (secondary N) is 1. The standard InChI is InChI=1S/C14H17ClN2O2/c1-16-11-2-3-12(13(15)8-11)14(19)17-6-4-10(9-18)5-7-17/h2-3,8-10,16H,4-7H2,1H3. The van der Waals surface area contributed by atoms with E-state index in [2.05, 4.69) is 5.32 Å². The number of piperidine rings is 1. The van der Waals surface area contributed by atoms with E-state index in [1.165, 1.54) is 0 Å². The fraction of sp³-hybridized carbons (Fsp3) is 0.429. The quantitative estimate of drug-likeness (QED) is 0.865. The highest BCUT2D eigenvalue weighted by Gasteiger charge is 2.24. The maximum absolute atomic E-state index is 12.3.